The maximum absolute atomic E-state index is 11.8. The smallest absolute Gasteiger partial charge is 0.311 e. The van der Waals surface area contributed by atoms with Gasteiger partial charge in [-0.05, 0) is 11.6 Å². The van der Waals surface area contributed by atoms with Crippen LogP contribution in [0.3, 0.4) is 0 Å². The molecule has 4 N–H and O–H groups in total. The van der Waals surface area contributed by atoms with Gasteiger partial charge >= 0.3 is 5.69 Å². The average Bonchev–Trinajstić information content (AvgIpc) is 2.47. The van der Waals surface area contributed by atoms with Crippen LogP contribution in [0.15, 0.2) is 23.0 Å². The standard InChI is InChI=1S/C13H7N5O4/c14-4-7-11(8(5-15)13(20)17-12(7)16)6-1-2-10(19)9(3-6)18(21)22/h1-3,19H,(H3,16,17,20). The molecule has 9 nitrogen and oxygen atoms in total. The number of rotatable bonds is 2. The van der Waals surface area contributed by atoms with Gasteiger partial charge in [-0.1, -0.05) is 6.07 Å². The molecule has 0 aliphatic heterocycles. The van der Waals surface area contributed by atoms with E-state index in [0.29, 0.717) is 0 Å². The topological polar surface area (TPSA) is 170 Å². The quantitative estimate of drug-likeness (QED) is 0.547. The maximum Gasteiger partial charge on any atom is 0.311 e. The molecule has 0 amide bonds. The van der Waals surface area contributed by atoms with Crippen molar-refractivity contribution in [2.75, 3.05) is 5.73 Å². The van der Waals surface area contributed by atoms with Gasteiger partial charge in [0.2, 0.25) is 0 Å². The second-order valence-corrected chi connectivity index (χ2v) is 4.18. The molecule has 22 heavy (non-hydrogen) atoms. The third kappa shape index (κ3) is 2.19. The second-order valence-electron chi connectivity index (χ2n) is 4.18. The zero-order valence-corrected chi connectivity index (χ0v) is 10.8. The lowest BCUT2D eigenvalue weighted by Crippen LogP contribution is -2.16. The summed E-state index contributed by atoms with van der Waals surface area (Å²) in [5.41, 5.74) is 3.47. The van der Waals surface area contributed by atoms with Gasteiger partial charge in [0, 0.05) is 11.6 Å². The first-order valence-corrected chi connectivity index (χ1v) is 5.74. The summed E-state index contributed by atoms with van der Waals surface area (Å²) >= 11 is 0. The third-order valence-corrected chi connectivity index (χ3v) is 2.93. The van der Waals surface area contributed by atoms with Gasteiger partial charge in [0.15, 0.2) is 5.75 Å². The van der Waals surface area contributed by atoms with E-state index in [-0.39, 0.29) is 22.5 Å². The van der Waals surface area contributed by atoms with Crippen molar-refractivity contribution < 1.29 is 10.0 Å². The van der Waals surface area contributed by atoms with Crippen molar-refractivity contribution >= 4 is 11.5 Å². The van der Waals surface area contributed by atoms with Crippen LogP contribution in [0.25, 0.3) is 11.1 Å². The van der Waals surface area contributed by atoms with Crippen molar-refractivity contribution in [2.24, 2.45) is 0 Å². The van der Waals surface area contributed by atoms with E-state index >= 15 is 0 Å². The summed E-state index contributed by atoms with van der Waals surface area (Å²) in [4.78, 5) is 24.0. The number of aromatic hydroxyl groups is 1. The highest BCUT2D eigenvalue weighted by Crippen LogP contribution is 2.34. The van der Waals surface area contributed by atoms with Gasteiger partial charge in [0.25, 0.3) is 5.56 Å². The minimum Gasteiger partial charge on any atom is -0.502 e. The van der Waals surface area contributed by atoms with E-state index in [9.17, 15) is 20.0 Å². The largest absolute Gasteiger partial charge is 0.502 e. The van der Waals surface area contributed by atoms with Crippen LogP contribution in [0.4, 0.5) is 11.5 Å². The Morgan fingerprint density at radius 1 is 1.27 bits per heavy atom. The Hall–Kier alpha value is -3.85. The average molecular weight is 297 g/mol. The van der Waals surface area contributed by atoms with Gasteiger partial charge in [-0.2, -0.15) is 10.5 Å². The summed E-state index contributed by atoms with van der Waals surface area (Å²) in [6.45, 7) is 0. The van der Waals surface area contributed by atoms with Crippen LogP contribution in [0.1, 0.15) is 11.1 Å². The number of nitrogens with two attached hydrogens (primary N) is 1. The molecule has 1 aromatic carbocycles. The van der Waals surface area contributed by atoms with Gasteiger partial charge < -0.3 is 15.8 Å². The highest BCUT2D eigenvalue weighted by atomic mass is 16.6. The summed E-state index contributed by atoms with van der Waals surface area (Å²) in [6.07, 6.45) is 0. The van der Waals surface area contributed by atoms with E-state index in [4.69, 9.17) is 16.3 Å². The monoisotopic (exact) mass is 297 g/mol. The Bertz CT molecular complexity index is 933. The number of hydrogen-bond acceptors (Lipinski definition) is 7. The lowest BCUT2D eigenvalue weighted by molar-refractivity contribution is -0.385. The van der Waals surface area contributed by atoms with Gasteiger partial charge in [-0.15, -0.1) is 0 Å². The summed E-state index contributed by atoms with van der Waals surface area (Å²) in [5, 5.41) is 38.6. The third-order valence-electron chi connectivity index (χ3n) is 2.93. The first-order chi connectivity index (χ1) is 10.4. The molecule has 1 heterocycles. The van der Waals surface area contributed by atoms with Crippen LogP contribution in [-0.2, 0) is 0 Å². The first kappa shape index (κ1) is 14.6. The number of phenolic OH excluding ortho intramolecular Hbond substituents is 1. The van der Waals surface area contributed by atoms with Crippen molar-refractivity contribution in [3.05, 3.63) is 49.8 Å². The number of H-pyrrole nitrogens is 1. The van der Waals surface area contributed by atoms with Crippen molar-refractivity contribution in [1.29, 1.82) is 10.5 Å². The molecule has 1 aromatic heterocycles. The molecule has 9 heteroatoms. The molecule has 108 valence electrons. The van der Waals surface area contributed by atoms with Crippen LogP contribution in [0, 0.1) is 32.8 Å². The number of nitrogen functional groups attached to an aromatic ring is 1. The number of nitrogens with zero attached hydrogens (tertiary/aromatic N) is 3. The molecule has 2 rings (SSSR count). The Labute approximate surface area is 122 Å². The molecule has 0 bridgehead atoms. The number of nitro groups is 1. The fourth-order valence-electron chi connectivity index (χ4n) is 1.96. The van der Waals surface area contributed by atoms with Crippen LogP contribution in [0.2, 0.25) is 0 Å². The van der Waals surface area contributed by atoms with Crippen molar-refractivity contribution in [3.8, 4) is 29.0 Å². The van der Waals surface area contributed by atoms with Crippen LogP contribution in [0.5, 0.6) is 5.75 Å². The molecule has 0 aliphatic rings. The number of aromatic amines is 1. The number of nitrogens with one attached hydrogen (secondary N) is 1. The number of nitro benzene ring substituents is 1. The lowest BCUT2D eigenvalue weighted by Gasteiger charge is -2.09. The van der Waals surface area contributed by atoms with Crippen molar-refractivity contribution in [1.82, 2.24) is 4.98 Å². The number of aromatic nitrogens is 1. The SMILES string of the molecule is N#Cc1c(N)[nH]c(=O)c(C#N)c1-c1ccc(O)c([N+](=O)[O-])c1. The van der Waals surface area contributed by atoms with Crippen LogP contribution >= 0.6 is 0 Å². The Kier molecular flexibility index (Phi) is 3.48. The molecule has 0 fully saturated rings. The number of hydrogen-bond donors (Lipinski definition) is 3. The molecule has 0 atom stereocenters. The first-order valence-electron chi connectivity index (χ1n) is 5.74. The fourth-order valence-corrected chi connectivity index (χ4v) is 1.96. The van der Waals surface area contributed by atoms with Crippen LogP contribution < -0.4 is 11.3 Å². The molecule has 0 spiro atoms. The molecule has 0 saturated heterocycles. The maximum atomic E-state index is 11.8. The highest BCUT2D eigenvalue weighted by Gasteiger charge is 2.21. The predicted molar refractivity (Wildman–Crippen MR) is 74.7 cm³/mol. The predicted octanol–water partition coefficient (Wildman–Crippen LogP) is 0.981. The van der Waals surface area contributed by atoms with E-state index in [1.165, 1.54) is 6.07 Å². The van der Waals surface area contributed by atoms with E-state index in [2.05, 4.69) is 4.98 Å². The van der Waals surface area contributed by atoms with Gasteiger partial charge in [-0.3, -0.25) is 14.9 Å². The molecule has 0 unspecified atom stereocenters. The number of nitriles is 2. The van der Waals surface area contributed by atoms with Crippen molar-refractivity contribution in [2.45, 2.75) is 0 Å². The zero-order valence-electron chi connectivity index (χ0n) is 10.8. The van der Waals surface area contributed by atoms with E-state index in [1.54, 1.807) is 12.1 Å². The minimum absolute atomic E-state index is 0.0513. The molecule has 0 aliphatic carbocycles. The number of pyridine rings is 1. The minimum atomic E-state index is -0.826. The van der Waals surface area contributed by atoms with Crippen LogP contribution in [-0.4, -0.2) is 15.0 Å². The normalized spacial score (nSPS) is 9.73. The van der Waals surface area contributed by atoms with Gasteiger partial charge in [0.1, 0.15) is 29.1 Å². The summed E-state index contributed by atoms with van der Waals surface area (Å²) in [6, 6.07) is 6.64. The summed E-state index contributed by atoms with van der Waals surface area (Å²) < 4.78 is 0. The second kappa shape index (κ2) is 5.26. The lowest BCUT2D eigenvalue weighted by atomic mass is 9.96. The Balaban J connectivity index is 2.92. The summed E-state index contributed by atoms with van der Waals surface area (Å²) in [7, 11) is 0. The van der Waals surface area contributed by atoms with E-state index in [0.717, 1.165) is 12.1 Å². The molecular weight excluding hydrogens is 290 g/mol. The zero-order chi connectivity index (χ0) is 16.4. The van der Waals surface area contributed by atoms with Gasteiger partial charge in [-0.25, -0.2) is 0 Å². The number of phenols is 1. The molecule has 0 saturated carbocycles. The Morgan fingerprint density at radius 3 is 2.45 bits per heavy atom. The molecular formula is C13H7N5O4. The van der Waals surface area contributed by atoms with Crippen molar-refractivity contribution in [3.63, 3.8) is 0 Å². The molecule has 0 radical (unpaired) electrons. The number of benzene rings is 1. The highest BCUT2D eigenvalue weighted by molar-refractivity contribution is 5.81. The Morgan fingerprint density at radius 2 is 1.91 bits per heavy atom. The molecule has 2 aromatic rings. The number of anilines is 1. The van der Waals surface area contributed by atoms with E-state index in [1.807, 2.05) is 0 Å². The fraction of sp³-hybridized carbons (Fsp3) is 0. The van der Waals surface area contributed by atoms with Gasteiger partial charge in [0.05, 0.1) is 4.92 Å². The summed E-state index contributed by atoms with van der Waals surface area (Å²) in [5.74, 6) is -0.833. The van der Waals surface area contributed by atoms with E-state index < -0.39 is 27.5 Å².